The predicted molar refractivity (Wildman–Crippen MR) is 64.7 cm³/mol. The van der Waals surface area contributed by atoms with Gasteiger partial charge in [-0.2, -0.15) is 0 Å². The van der Waals surface area contributed by atoms with Crippen LogP contribution in [0.5, 0.6) is 0 Å². The molecule has 3 saturated carbocycles. The largest absolute Gasteiger partial charge is 0.0996 e. The summed E-state index contributed by atoms with van der Waals surface area (Å²) in [4.78, 5) is 0. The van der Waals surface area contributed by atoms with E-state index in [-0.39, 0.29) is 0 Å². The van der Waals surface area contributed by atoms with Crippen LogP contribution in [0, 0.1) is 22.2 Å². The van der Waals surface area contributed by atoms with Crippen LogP contribution in [-0.2, 0) is 0 Å². The highest BCUT2D eigenvalue weighted by atomic mass is 14.7. The molecule has 4 unspecified atom stereocenters. The minimum absolute atomic E-state index is 0.542. The van der Waals surface area contributed by atoms with Crippen molar-refractivity contribution in [2.45, 2.75) is 59.3 Å². The Bertz CT molecular complexity index is 329. The molecule has 0 aliphatic heterocycles. The molecular formula is C15H24. The molecule has 84 valence electrons. The van der Waals surface area contributed by atoms with Gasteiger partial charge in [0.05, 0.1) is 0 Å². The van der Waals surface area contributed by atoms with Crippen molar-refractivity contribution < 1.29 is 0 Å². The van der Waals surface area contributed by atoms with Gasteiger partial charge in [0.1, 0.15) is 0 Å². The van der Waals surface area contributed by atoms with Crippen LogP contribution in [0.25, 0.3) is 0 Å². The molecule has 3 aliphatic rings. The van der Waals surface area contributed by atoms with Crippen molar-refractivity contribution in [3.63, 3.8) is 0 Å². The normalized spacial score (nSPS) is 57.1. The molecular weight excluding hydrogens is 180 g/mol. The molecule has 0 aromatic carbocycles. The summed E-state index contributed by atoms with van der Waals surface area (Å²) in [5.74, 6) is 0.959. The second-order valence-electron chi connectivity index (χ2n) is 7.04. The Morgan fingerprint density at radius 3 is 2.53 bits per heavy atom. The molecule has 4 atom stereocenters. The van der Waals surface area contributed by atoms with E-state index in [2.05, 4.69) is 27.4 Å². The van der Waals surface area contributed by atoms with Crippen LogP contribution in [-0.4, -0.2) is 0 Å². The van der Waals surface area contributed by atoms with Gasteiger partial charge in [0, 0.05) is 0 Å². The molecule has 3 aliphatic carbocycles. The molecule has 3 rings (SSSR count). The van der Waals surface area contributed by atoms with E-state index < -0.39 is 0 Å². The van der Waals surface area contributed by atoms with Crippen molar-refractivity contribution >= 4 is 0 Å². The second kappa shape index (κ2) is 2.52. The van der Waals surface area contributed by atoms with Crippen LogP contribution < -0.4 is 0 Å². The van der Waals surface area contributed by atoms with Crippen LogP contribution in [0.4, 0.5) is 0 Å². The van der Waals surface area contributed by atoms with Crippen molar-refractivity contribution in [2.75, 3.05) is 0 Å². The first-order valence-corrected chi connectivity index (χ1v) is 6.61. The highest BCUT2D eigenvalue weighted by Gasteiger charge is 2.69. The highest BCUT2D eigenvalue weighted by Crippen LogP contribution is 2.78. The zero-order valence-electron chi connectivity index (χ0n) is 10.5. The second-order valence-corrected chi connectivity index (χ2v) is 7.04. The quantitative estimate of drug-likeness (QED) is 0.549. The molecule has 15 heavy (non-hydrogen) atoms. The average molecular weight is 204 g/mol. The molecule has 0 aromatic rings. The van der Waals surface area contributed by atoms with E-state index in [0.717, 1.165) is 5.92 Å². The van der Waals surface area contributed by atoms with Gasteiger partial charge in [-0.1, -0.05) is 32.4 Å². The minimum atomic E-state index is 0.542. The first kappa shape index (κ1) is 9.93. The van der Waals surface area contributed by atoms with Gasteiger partial charge >= 0.3 is 0 Å². The lowest BCUT2D eigenvalue weighted by Crippen LogP contribution is -2.37. The molecule has 0 saturated heterocycles. The van der Waals surface area contributed by atoms with Gasteiger partial charge in [0.25, 0.3) is 0 Å². The zero-order chi connectivity index (χ0) is 10.9. The average Bonchev–Trinajstić information content (AvgIpc) is 2.45. The lowest BCUT2D eigenvalue weighted by molar-refractivity contribution is 0.0726. The van der Waals surface area contributed by atoms with E-state index in [1.165, 1.54) is 44.1 Å². The number of hydrogen-bond donors (Lipinski definition) is 0. The predicted octanol–water partition coefficient (Wildman–Crippen LogP) is 4.56. The Hall–Kier alpha value is -0.260. The van der Waals surface area contributed by atoms with Gasteiger partial charge < -0.3 is 0 Å². The monoisotopic (exact) mass is 204 g/mol. The molecule has 0 heterocycles. The van der Waals surface area contributed by atoms with E-state index in [4.69, 9.17) is 0 Å². The highest BCUT2D eigenvalue weighted by molar-refractivity contribution is 5.27. The van der Waals surface area contributed by atoms with Crippen LogP contribution in [0.3, 0.4) is 0 Å². The third kappa shape index (κ3) is 0.867. The number of allylic oxidation sites excluding steroid dienone is 1. The molecule has 4 bridgehead atoms. The van der Waals surface area contributed by atoms with Crippen LogP contribution in [0.2, 0.25) is 0 Å². The fourth-order valence-corrected chi connectivity index (χ4v) is 5.65. The Kier molecular flexibility index (Phi) is 1.67. The summed E-state index contributed by atoms with van der Waals surface area (Å²) in [5, 5.41) is 0. The summed E-state index contributed by atoms with van der Waals surface area (Å²) in [6, 6.07) is 0. The van der Waals surface area contributed by atoms with Gasteiger partial charge in [-0.05, 0) is 61.2 Å². The molecule has 0 spiro atoms. The lowest BCUT2D eigenvalue weighted by atomic mass is 9.59. The van der Waals surface area contributed by atoms with Gasteiger partial charge in [0.2, 0.25) is 0 Å². The Morgan fingerprint density at radius 2 is 1.93 bits per heavy atom. The molecule has 0 amide bonds. The molecule has 3 fully saturated rings. The topological polar surface area (TPSA) is 0 Å². The maximum atomic E-state index is 4.33. The first-order valence-electron chi connectivity index (χ1n) is 6.61. The van der Waals surface area contributed by atoms with Gasteiger partial charge in [-0.25, -0.2) is 0 Å². The third-order valence-corrected chi connectivity index (χ3v) is 6.67. The Morgan fingerprint density at radius 1 is 1.20 bits per heavy atom. The minimum Gasteiger partial charge on any atom is -0.0996 e. The molecule has 0 aromatic heterocycles. The van der Waals surface area contributed by atoms with Gasteiger partial charge in [-0.3, -0.25) is 0 Å². The maximum absolute atomic E-state index is 4.33. The summed E-state index contributed by atoms with van der Waals surface area (Å²) in [6.45, 7) is 11.8. The van der Waals surface area contributed by atoms with Crippen LogP contribution >= 0.6 is 0 Å². The first-order chi connectivity index (χ1) is 6.95. The number of hydrogen-bond acceptors (Lipinski definition) is 0. The van der Waals surface area contributed by atoms with E-state index in [0.29, 0.717) is 16.2 Å². The van der Waals surface area contributed by atoms with E-state index in [1.54, 1.807) is 0 Å². The fraction of sp³-hybridized carbons (Fsp3) is 0.867. The van der Waals surface area contributed by atoms with Crippen LogP contribution in [0.1, 0.15) is 59.3 Å². The fourth-order valence-electron chi connectivity index (χ4n) is 5.65. The Balaban J connectivity index is 2.14. The summed E-state index contributed by atoms with van der Waals surface area (Å²) < 4.78 is 0. The summed E-state index contributed by atoms with van der Waals surface area (Å²) >= 11 is 0. The molecule has 0 radical (unpaired) electrons. The van der Waals surface area contributed by atoms with E-state index in [9.17, 15) is 0 Å². The van der Waals surface area contributed by atoms with Gasteiger partial charge in [-0.15, -0.1) is 0 Å². The maximum Gasteiger partial charge on any atom is -0.00545 e. The van der Waals surface area contributed by atoms with Crippen molar-refractivity contribution in [1.29, 1.82) is 0 Å². The summed E-state index contributed by atoms with van der Waals surface area (Å²) in [7, 11) is 0. The van der Waals surface area contributed by atoms with Crippen molar-refractivity contribution in [1.82, 2.24) is 0 Å². The molecule has 0 heteroatoms. The molecule has 0 N–H and O–H groups in total. The Labute approximate surface area is 94.1 Å². The molecule has 0 nitrogen and oxygen atoms in total. The lowest BCUT2D eigenvalue weighted by Gasteiger charge is -2.45. The number of rotatable bonds is 1. The van der Waals surface area contributed by atoms with Crippen LogP contribution in [0.15, 0.2) is 12.2 Å². The van der Waals surface area contributed by atoms with E-state index in [1.807, 2.05) is 0 Å². The summed E-state index contributed by atoms with van der Waals surface area (Å²) in [5.41, 5.74) is 3.30. The van der Waals surface area contributed by atoms with Crippen molar-refractivity contribution in [3.05, 3.63) is 12.2 Å². The zero-order valence-corrected chi connectivity index (χ0v) is 10.5. The summed E-state index contributed by atoms with van der Waals surface area (Å²) in [6.07, 6.45) is 8.73. The van der Waals surface area contributed by atoms with Crippen molar-refractivity contribution in [3.8, 4) is 0 Å². The van der Waals surface area contributed by atoms with Crippen molar-refractivity contribution in [2.24, 2.45) is 22.2 Å². The third-order valence-electron chi connectivity index (χ3n) is 6.67. The smallest absolute Gasteiger partial charge is 0.00545 e. The SMILES string of the molecule is C=C(C)C12CCCC3(C)C1CCC3(C)C2. The standard InChI is InChI=1S/C15H24/c1-11(2)15-8-5-7-14(4)12(15)6-9-13(14,3)10-15/h12H,1,5-10H2,2-4H3. The van der Waals surface area contributed by atoms with Gasteiger partial charge in [0.15, 0.2) is 0 Å². The van der Waals surface area contributed by atoms with E-state index >= 15 is 0 Å².